The number of rotatable bonds is 20. The van der Waals surface area contributed by atoms with E-state index in [0.29, 0.717) is 75.0 Å². The molecule has 528 valence electrons. The van der Waals surface area contributed by atoms with E-state index < -0.39 is 78.3 Å². The molecule has 0 saturated carbocycles. The Morgan fingerprint density at radius 1 is 0.346 bits per heavy atom. The van der Waals surface area contributed by atoms with Crippen LogP contribution in [-0.2, 0) is 25.6 Å². The maximum Gasteiger partial charge on any atom is 0.328 e. The van der Waals surface area contributed by atoms with Gasteiger partial charge in [-0.1, -0.05) is 127 Å². The number of aromatic nitrogens is 4. The molecule has 27 heteroatoms. The van der Waals surface area contributed by atoms with E-state index in [9.17, 15) is 67.7 Å². The van der Waals surface area contributed by atoms with E-state index in [1.807, 2.05) is 78.9 Å². The van der Waals surface area contributed by atoms with Gasteiger partial charge in [-0.2, -0.15) is 12.6 Å². The highest BCUT2D eigenvalue weighted by Gasteiger charge is 2.25. The van der Waals surface area contributed by atoms with Crippen LogP contribution >= 0.6 is 12.6 Å². The summed E-state index contributed by atoms with van der Waals surface area (Å²) in [6.07, 6.45) is 1.80. The van der Waals surface area contributed by atoms with Gasteiger partial charge in [0.1, 0.15) is 18.1 Å². The minimum atomic E-state index is -1.39. The molecule has 1 unspecified atom stereocenters. The number of nitrogens with two attached hydrogens (primary N) is 1. The van der Waals surface area contributed by atoms with Crippen molar-refractivity contribution in [2.45, 2.75) is 49.9 Å². The fourth-order valence-corrected chi connectivity index (χ4v) is 11.9. The van der Waals surface area contributed by atoms with Gasteiger partial charge in [-0.05, 0) is 126 Å². The van der Waals surface area contributed by atoms with Gasteiger partial charge in [0.25, 0.3) is 45.9 Å². The van der Waals surface area contributed by atoms with E-state index in [1.54, 1.807) is 109 Å². The highest BCUT2D eigenvalue weighted by atomic mass is 32.1. The van der Waals surface area contributed by atoms with E-state index in [1.165, 1.54) is 12.1 Å². The van der Waals surface area contributed by atoms with Gasteiger partial charge < -0.3 is 72.5 Å². The summed E-state index contributed by atoms with van der Waals surface area (Å²) in [4.78, 5) is 154. The molecule has 4 amide bonds. The average molecular weight is 1420 g/mol. The molecule has 13 aromatic rings. The fourth-order valence-electron chi connectivity index (χ4n) is 11.7. The highest BCUT2D eigenvalue weighted by molar-refractivity contribution is 7.80. The quantitative estimate of drug-likeness (QED) is 0.0197. The van der Waals surface area contributed by atoms with E-state index in [2.05, 4.69) is 53.8 Å². The normalized spacial score (nSPS) is 12.1. The molecule has 4 atom stereocenters. The Morgan fingerprint density at radius 3 is 0.913 bits per heavy atom. The number of pyridine rings is 4. The maximum atomic E-state index is 12.7. The summed E-state index contributed by atoms with van der Waals surface area (Å²) in [5.41, 5.74) is 8.32. The van der Waals surface area contributed by atoms with Crippen LogP contribution < -0.4 is 49.2 Å². The minimum Gasteiger partial charge on any atom is -0.480 e. The summed E-state index contributed by atoms with van der Waals surface area (Å²) in [6.45, 7) is -0.234. The smallest absolute Gasteiger partial charge is 0.328 e. The molecule has 9 aromatic carbocycles. The second kappa shape index (κ2) is 33.4. The number of carbonyl (C=O) groups excluding carboxylic acids is 4. The molecule has 0 fully saturated rings. The van der Waals surface area contributed by atoms with Crippen molar-refractivity contribution in [1.82, 2.24) is 41.2 Å². The predicted octanol–water partition coefficient (Wildman–Crippen LogP) is 7.75. The summed E-state index contributed by atoms with van der Waals surface area (Å²) in [5.74, 6) is -6.88. The molecular weight excluding hydrogens is 1350 g/mol. The lowest BCUT2D eigenvalue weighted by Crippen LogP contribution is -2.43. The predicted molar refractivity (Wildman–Crippen MR) is 398 cm³/mol. The molecule has 0 aliphatic heterocycles. The third-order valence-corrected chi connectivity index (χ3v) is 17.3. The molecule has 26 nitrogen and oxygen atoms in total. The number of aliphatic hydroxyl groups is 1. The zero-order valence-electron chi connectivity index (χ0n) is 55.0. The van der Waals surface area contributed by atoms with Gasteiger partial charge in [-0.15, -0.1) is 0 Å². The Kier molecular flexibility index (Phi) is 23.6. The zero-order valence-corrected chi connectivity index (χ0v) is 55.9. The largest absolute Gasteiger partial charge is 0.480 e. The van der Waals surface area contributed by atoms with Crippen molar-refractivity contribution in [2.75, 3.05) is 18.9 Å². The number of aliphatic carboxylic acids is 4. The van der Waals surface area contributed by atoms with Crippen LogP contribution in [0.4, 0.5) is 0 Å². The Labute approximate surface area is 593 Å². The Bertz CT molecular complexity index is 5600. The maximum absolute atomic E-state index is 12.7. The number of carboxylic acids is 4. The number of unbranched alkanes of at least 4 members (excludes halogenated alkanes) is 1. The van der Waals surface area contributed by atoms with Gasteiger partial charge in [0, 0.05) is 99.6 Å². The number of nitrogens with one attached hydrogen (secondary N) is 8. The summed E-state index contributed by atoms with van der Waals surface area (Å²) in [6, 6.07) is 52.9. The first-order valence-corrected chi connectivity index (χ1v) is 33.0. The van der Waals surface area contributed by atoms with E-state index in [0.717, 1.165) is 48.7 Å². The van der Waals surface area contributed by atoms with Crippen molar-refractivity contribution in [3.63, 3.8) is 0 Å². The number of H-pyrrole nitrogens is 4. The van der Waals surface area contributed by atoms with E-state index in [-0.39, 0.29) is 51.1 Å². The molecule has 0 radical (unpaired) electrons. The van der Waals surface area contributed by atoms with Gasteiger partial charge in [0.2, 0.25) is 0 Å². The van der Waals surface area contributed by atoms with Crippen LogP contribution in [-0.4, -0.2) is 136 Å². The van der Waals surface area contributed by atoms with Gasteiger partial charge in [0.15, 0.2) is 6.04 Å². The van der Waals surface area contributed by atoms with E-state index >= 15 is 0 Å². The number of hydrogen-bond acceptors (Lipinski definition) is 15. The number of aliphatic hydroxyl groups excluding tert-OH is 1. The average Bonchev–Trinajstić information content (AvgIpc) is 0.793. The summed E-state index contributed by atoms with van der Waals surface area (Å²) < 4.78 is 0. The van der Waals surface area contributed by atoms with Gasteiger partial charge in [-0.25, -0.2) is 19.2 Å². The Morgan fingerprint density at radius 2 is 0.625 bits per heavy atom. The molecule has 4 aromatic heterocycles. The van der Waals surface area contributed by atoms with Crippen molar-refractivity contribution in [1.29, 1.82) is 0 Å². The third-order valence-electron chi connectivity index (χ3n) is 17.0. The number of aromatic amines is 4. The molecule has 104 heavy (non-hydrogen) atoms. The fraction of sp³-hybridized carbons (Fsp3) is 0.143. The summed E-state index contributed by atoms with van der Waals surface area (Å²) >= 11 is 3.91. The molecular formula is C77H67N9O17S. The van der Waals surface area contributed by atoms with Crippen LogP contribution in [0.3, 0.4) is 0 Å². The molecule has 0 aliphatic rings. The SMILES string of the molecule is NCCCC[C@H](NC(=O)c1ccc2c(c1)[nH]c(=O)c1ccccc12)C(=O)O.O=C(NC(CO)C(=O)O)c1ccc2c(c1)[nH]c(=O)c1ccccc12.O=C(N[C@@H](CS)C(=O)O)c1ccc2c(c1)[nH]c(=O)c1ccccc12.O=C(N[C@@H](Cc1ccccc1)C(=O)O)c1ccc2c(c1)[nH]c(=O)c1ccccc12. The summed E-state index contributed by atoms with van der Waals surface area (Å²) in [7, 11) is 0. The number of carboxylic acid groups (broad SMARTS) is 4. The first kappa shape index (κ1) is 73.6. The molecule has 0 bridgehead atoms. The monoisotopic (exact) mass is 1420 g/mol. The van der Waals surface area contributed by atoms with Crippen LogP contribution in [0.1, 0.15) is 66.3 Å². The van der Waals surface area contributed by atoms with Gasteiger partial charge in [0.05, 0.1) is 6.61 Å². The Hall–Kier alpha value is -13.1. The molecule has 15 N–H and O–H groups in total. The van der Waals surface area contributed by atoms with Gasteiger partial charge in [-0.3, -0.25) is 38.4 Å². The standard InChI is InChI=1S/C23H18N2O4.C20H21N3O4.C17H14N2O5.C17H14N2O4S/c26-21(25-20(23(28)29)12-14-6-2-1-3-7-14)15-10-11-17-16-8-4-5-9-18(16)22(27)24-19(17)13-15;21-10-4-3-7-16(20(26)27)22-18(24)12-8-9-14-13-5-1-2-6-15(13)19(25)23-17(14)11-12;20-8-14(17(23)24)19-15(21)9-5-6-11-10-3-1-2-4-12(10)16(22)18-13(11)7-9;20-15(19-14(8-24)17(22)23)9-5-6-11-10-3-1-2-4-12(10)16(21)18-13(11)7-9/h1-11,13,20H,12H2,(H,24,27)(H,25,26)(H,28,29);1-2,5-6,8-9,11,16H,3-4,7,10,21H2,(H,22,24)(H,23,25)(H,26,27);1-7,14,20H,8H2,(H,18,22)(H,19,21)(H,23,24);1-7,14,24H,8H2,(H,18,21)(H,19,20)(H,22,23)/t20-;16-;;14-/m00.0/s1. The molecule has 0 saturated heterocycles. The van der Waals surface area contributed by atoms with Crippen LogP contribution in [0.15, 0.2) is 219 Å². The molecule has 13 rings (SSSR count). The molecule has 0 spiro atoms. The van der Waals surface area contributed by atoms with E-state index in [4.69, 9.17) is 21.1 Å². The van der Waals surface area contributed by atoms with Crippen molar-refractivity contribution in [3.8, 4) is 0 Å². The number of amides is 4. The first-order chi connectivity index (χ1) is 50.0. The lowest BCUT2D eigenvalue weighted by Gasteiger charge is -2.15. The number of benzene rings is 9. The topological polar surface area (TPSA) is 443 Å². The molecule has 4 heterocycles. The number of fused-ring (bicyclic) bond motifs is 12. The van der Waals surface area contributed by atoms with Crippen LogP contribution in [0.25, 0.3) is 86.7 Å². The molecule has 0 aliphatic carbocycles. The van der Waals surface area contributed by atoms with Gasteiger partial charge >= 0.3 is 23.9 Å². The van der Waals surface area contributed by atoms with Crippen molar-refractivity contribution < 1.29 is 63.9 Å². The lowest BCUT2D eigenvalue weighted by molar-refractivity contribution is -0.140. The second-order valence-corrected chi connectivity index (χ2v) is 24.2. The third kappa shape index (κ3) is 17.2. The number of thiol groups is 1. The lowest BCUT2D eigenvalue weighted by atomic mass is 10.0. The van der Waals surface area contributed by atoms with Crippen molar-refractivity contribution in [2.24, 2.45) is 5.73 Å². The first-order valence-electron chi connectivity index (χ1n) is 32.4. The Balaban J connectivity index is 0.000000149. The minimum absolute atomic E-state index is 0.0177. The van der Waals surface area contributed by atoms with Crippen LogP contribution in [0, 0.1) is 0 Å². The second-order valence-electron chi connectivity index (χ2n) is 23.8. The van der Waals surface area contributed by atoms with Crippen molar-refractivity contribution in [3.05, 3.63) is 269 Å². The zero-order chi connectivity index (χ0) is 74.3. The number of hydrogen-bond donors (Lipinski definition) is 15. The number of carbonyl (C=O) groups is 8. The highest BCUT2D eigenvalue weighted by Crippen LogP contribution is 2.27. The van der Waals surface area contributed by atoms with Crippen LogP contribution in [0.5, 0.6) is 0 Å². The van der Waals surface area contributed by atoms with Crippen molar-refractivity contribution >= 4 is 147 Å². The summed E-state index contributed by atoms with van der Waals surface area (Å²) in [5, 5.41) is 64.0. The van der Waals surface area contributed by atoms with Crippen LogP contribution in [0.2, 0.25) is 0 Å².